The van der Waals surface area contributed by atoms with E-state index in [1.807, 2.05) is 35.2 Å². The second-order valence-electron chi connectivity index (χ2n) is 7.09. The number of halogens is 1. The number of piperazine rings is 1. The van der Waals surface area contributed by atoms with Crippen LogP contribution in [0.25, 0.3) is 0 Å². The van der Waals surface area contributed by atoms with Crippen LogP contribution in [0.4, 0.5) is 4.79 Å². The molecule has 0 bridgehead atoms. The Hall–Kier alpha value is -2.57. The number of nitrogens with two attached hydrogens (primary N) is 1. The van der Waals surface area contributed by atoms with E-state index in [-0.39, 0.29) is 18.4 Å². The number of amides is 3. The van der Waals surface area contributed by atoms with Crippen LogP contribution in [0.5, 0.6) is 0 Å². The maximum Gasteiger partial charge on any atom is 0.312 e. The lowest BCUT2D eigenvalue weighted by molar-refractivity contribution is -0.136. The summed E-state index contributed by atoms with van der Waals surface area (Å²) >= 11 is 5.96. The summed E-state index contributed by atoms with van der Waals surface area (Å²) in [4.78, 5) is 28.8. The molecular weight excluding hydrogens is 376 g/mol. The minimum Gasteiger partial charge on any atom is -0.352 e. The Morgan fingerprint density at radius 3 is 2.46 bits per heavy atom. The van der Waals surface area contributed by atoms with Gasteiger partial charge in [0.1, 0.15) is 0 Å². The third kappa shape index (κ3) is 5.03. The second-order valence-corrected chi connectivity index (χ2v) is 7.53. The van der Waals surface area contributed by atoms with Crippen LogP contribution in [0.2, 0.25) is 5.02 Å². The third-order valence-electron chi connectivity index (χ3n) is 5.06. The van der Waals surface area contributed by atoms with Crippen LogP contribution in [-0.4, -0.2) is 48.4 Å². The van der Waals surface area contributed by atoms with Crippen LogP contribution in [0.3, 0.4) is 0 Å². The monoisotopic (exact) mass is 400 g/mol. The van der Waals surface area contributed by atoms with Crippen molar-refractivity contribution in [3.8, 4) is 0 Å². The van der Waals surface area contributed by atoms with Crippen LogP contribution in [0.1, 0.15) is 29.6 Å². The molecule has 1 aliphatic rings. The van der Waals surface area contributed by atoms with E-state index in [0.717, 1.165) is 24.2 Å². The Morgan fingerprint density at radius 2 is 1.82 bits per heavy atom. The molecule has 0 aliphatic carbocycles. The first-order chi connectivity index (χ1) is 13.4. The van der Waals surface area contributed by atoms with E-state index in [1.165, 1.54) is 0 Å². The van der Waals surface area contributed by atoms with Crippen molar-refractivity contribution in [2.45, 2.75) is 18.5 Å². The third-order valence-corrected chi connectivity index (χ3v) is 5.31. The van der Waals surface area contributed by atoms with Crippen molar-refractivity contribution >= 4 is 23.5 Å². The van der Waals surface area contributed by atoms with Crippen LogP contribution < -0.4 is 11.1 Å². The minimum absolute atomic E-state index is 0.0179. The zero-order valence-electron chi connectivity index (χ0n) is 15.8. The molecule has 3 N–H and O–H groups in total. The molecular formula is C21H25ClN4O2. The molecule has 0 spiro atoms. The summed E-state index contributed by atoms with van der Waals surface area (Å²) in [6, 6.07) is 15.9. The van der Waals surface area contributed by atoms with Gasteiger partial charge in [0, 0.05) is 24.7 Å². The molecule has 148 valence electrons. The topological polar surface area (TPSA) is 78.7 Å². The quantitative estimate of drug-likeness (QED) is 0.809. The SMILES string of the molecule is CN1CCN(C(=O)C[C@@H](NC(N)=O)c2ccc(Cl)cc2)[C@@H](c2ccccc2)C1. The van der Waals surface area contributed by atoms with Crippen molar-refractivity contribution < 1.29 is 9.59 Å². The molecule has 1 saturated heterocycles. The molecule has 1 fully saturated rings. The molecule has 7 heteroatoms. The van der Waals surface area contributed by atoms with Gasteiger partial charge in [0.05, 0.1) is 18.5 Å². The van der Waals surface area contributed by atoms with Gasteiger partial charge in [-0.05, 0) is 30.3 Å². The molecule has 2 aromatic rings. The average Bonchev–Trinajstić information content (AvgIpc) is 2.68. The number of hydrogen-bond acceptors (Lipinski definition) is 3. The molecule has 0 saturated carbocycles. The predicted octanol–water partition coefficient (Wildman–Crippen LogP) is 2.95. The lowest BCUT2D eigenvalue weighted by Crippen LogP contribution is -2.50. The lowest BCUT2D eigenvalue weighted by Gasteiger charge is -2.41. The fourth-order valence-corrected chi connectivity index (χ4v) is 3.72. The molecule has 3 rings (SSSR count). The summed E-state index contributed by atoms with van der Waals surface area (Å²) in [7, 11) is 2.06. The van der Waals surface area contributed by atoms with Gasteiger partial charge in [-0.1, -0.05) is 54.1 Å². The Kier molecular flexibility index (Phi) is 6.54. The smallest absolute Gasteiger partial charge is 0.312 e. The van der Waals surface area contributed by atoms with Crippen molar-refractivity contribution in [1.29, 1.82) is 0 Å². The number of carbonyl (C=O) groups is 2. The highest BCUT2D eigenvalue weighted by Crippen LogP contribution is 2.28. The summed E-state index contributed by atoms with van der Waals surface area (Å²) in [6.07, 6.45) is 0.137. The van der Waals surface area contributed by atoms with Gasteiger partial charge in [-0.3, -0.25) is 4.79 Å². The van der Waals surface area contributed by atoms with Gasteiger partial charge in [0.15, 0.2) is 0 Å². The summed E-state index contributed by atoms with van der Waals surface area (Å²) < 4.78 is 0. The Labute approximate surface area is 170 Å². The van der Waals surface area contributed by atoms with Crippen LogP contribution in [0, 0.1) is 0 Å². The molecule has 0 radical (unpaired) electrons. The number of likely N-dealkylation sites (N-methyl/N-ethyl adjacent to an activating group) is 1. The fourth-order valence-electron chi connectivity index (χ4n) is 3.59. The van der Waals surface area contributed by atoms with E-state index >= 15 is 0 Å². The number of nitrogens with zero attached hydrogens (tertiary/aromatic N) is 2. The van der Waals surface area contributed by atoms with Gasteiger partial charge in [0.25, 0.3) is 0 Å². The van der Waals surface area contributed by atoms with E-state index in [9.17, 15) is 9.59 Å². The molecule has 0 unspecified atom stereocenters. The van der Waals surface area contributed by atoms with Crippen molar-refractivity contribution in [2.75, 3.05) is 26.7 Å². The predicted molar refractivity (Wildman–Crippen MR) is 110 cm³/mol. The maximum absolute atomic E-state index is 13.2. The zero-order chi connectivity index (χ0) is 20.1. The van der Waals surface area contributed by atoms with Crippen molar-refractivity contribution in [3.63, 3.8) is 0 Å². The highest BCUT2D eigenvalue weighted by Gasteiger charge is 2.31. The first-order valence-corrected chi connectivity index (χ1v) is 9.66. The van der Waals surface area contributed by atoms with Crippen molar-refractivity contribution in [3.05, 3.63) is 70.7 Å². The zero-order valence-corrected chi connectivity index (χ0v) is 16.6. The van der Waals surface area contributed by atoms with Gasteiger partial charge in [0.2, 0.25) is 5.91 Å². The molecule has 0 aromatic heterocycles. The van der Waals surface area contributed by atoms with E-state index < -0.39 is 12.1 Å². The molecule has 3 amide bonds. The second kappa shape index (κ2) is 9.08. The summed E-state index contributed by atoms with van der Waals surface area (Å²) in [5.41, 5.74) is 7.24. The number of rotatable bonds is 5. The van der Waals surface area contributed by atoms with E-state index in [4.69, 9.17) is 17.3 Å². The largest absolute Gasteiger partial charge is 0.352 e. The van der Waals surface area contributed by atoms with Gasteiger partial charge >= 0.3 is 6.03 Å². The number of hydrogen-bond donors (Lipinski definition) is 2. The molecule has 6 nitrogen and oxygen atoms in total. The van der Waals surface area contributed by atoms with Gasteiger partial charge in [-0.25, -0.2) is 4.79 Å². The van der Waals surface area contributed by atoms with Gasteiger partial charge in [-0.15, -0.1) is 0 Å². The summed E-state index contributed by atoms with van der Waals surface area (Å²) in [6.45, 7) is 2.22. The van der Waals surface area contributed by atoms with E-state index in [0.29, 0.717) is 11.6 Å². The summed E-state index contributed by atoms with van der Waals surface area (Å²) in [5.74, 6) is -0.0179. The molecule has 28 heavy (non-hydrogen) atoms. The first-order valence-electron chi connectivity index (χ1n) is 9.28. The minimum atomic E-state index is -0.661. The number of nitrogens with one attached hydrogen (secondary N) is 1. The lowest BCUT2D eigenvalue weighted by atomic mass is 9.99. The first kappa shape index (κ1) is 20.2. The van der Waals surface area contributed by atoms with Crippen molar-refractivity contribution in [1.82, 2.24) is 15.1 Å². The molecule has 2 atom stereocenters. The highest BCUT2D eigenvalue weighted by molar-refractivity contribution is 6.30. The fraction of sp³-hybridized carbons (Fsp3) is 0.333. The Bertz CT molecular complexity index is 813. The normalized spacial score (nSPS) is 18.5. The van der Waals surface area contributed by atoms with Gasteiger partial charge < -0.3 is 20.9 Å². The Morgan fingerprint density at radius 1 is 1.14 bits per heavy atom. The number of benzene rings is 2. The average molecular weight is 401 g/mol. The van der Waals surface area contributed by atoms with Gasteiger partial charge in [-0.2, -0.15) is 0 Å². The standard InChI is InChI=1S/C21H25ClN4O2/c1-25-11-12-26(19(14-25)16-5-3-2-4-6-16)20(27)13-18(24-21(23)28)15-7-9-17(22)10-8-15/h2-10,18-19H,11-14H2,1H3,(H3,23,24,28)/t18-,19-/m1/s1. The summed E-state index contributed by atoms with van der Waals surface area (Å²) in [5, 5.41) is 3.28. The van der Waals surface area contributed by atoms with Crippen molar-refractivity contribution in [2.24, 2.45) is 5.73 Å². The number of primary amides is 1. The molecule has 1 heterocycles. The highest BCUT2D eigenvalue weighted by atomic mass is 35.5. The molecule has 2 aromatic carbocycles. The Balaban J connectivity index is 1.80. The number of carbonyl (C=O) groups excluding carboxylic acids is 2. The van der Waals surface area contributed by atoms with Crippen LogP contribution >= 0.6 is 11.6 Å². The maximum atomic E-state index is 13.2. The van der Waals surface area contributed by atoms with E-state index in [2.05, 4.69) is 17.3 Å². The van der Waals surface area contributed by atoms with Crippen LogP contribution in [0.15, 0.2) is 54.6 Å². The van der Waals surface area contributed by atoms with E-state index in [1.54, 1.807) is 24.3 Å². The number of urea groups is 1. The molecule has 1 aliphatic heterocycles. The van der Waals surface area contributed by atoms with Crippen LogP contribution in [-0.2, 0) is 4.79 Å².